The Morgan fingerprint density at radius 1 is 1.21 bits per heavy atom. The molecule has 0 spiro atoms. The number of para-hydroxylation sites is 1. The molecule has 158 valence electrons. The first-order valence-electron chi connectivity index (χ1n) is 8.90. The van der Waals surface area contributed by atoms with Gasteiger partial charge in [0.2, 0.25) is 5.91 Å². The van der Waals surface area contributed by atoms with Crippen molar-refractivity contribution in [3.63, 3.8) is 0 Å². The second-order valence-corrected chi connectivity index (χ2v) is 6.93. The fraction of sp³-hybridized carbons (Fsp3) is 0.526. The highest BCUT2D eigenvalue weighted by molar-refractivity contribution is 5.84. The van der Waals surface area contributed by atoms with Gasteiger partial charge in [0.1, 0.15) is 11.3 Å². The summed E-state index contributed by atoms with van der Waals surface area (Å²) in [6.07, 6.45) is -0.628. The standard InChI is InChI=1S/C18H29N3O4.CH2O2/c1-11(2)13-6-5-7-14(12(3)4)15(13)25-17(24)21-9-8-18(20,10-22)16(19)23;2-1-3/h5-7,11-12,22H,8-10,20H2,1-4H3,(H2,19,23)(H,21,24);1H,(H,2,3)/t18-;/m0./s1. The lowest BCUT2D eigenvalue weighted by Gasteiger charge is -2.23. The Bertz CT molecular complexity index is 637. The largest absolute Gasteiger partial charge is 0.483 e. The van der Waals surface area contributed by atoms with Crippen LogP contribution in [0.2, 0.25) is 0 Å². The van der Waals surface area contributed by atoms with E-state index in [1.807, 2.05) is 45.9 Å². The number of ether oxygens (including phenoxy) is 1. The molecule has 0 aliphatic rings. The summed E-state index contributed by atoms with van der Waals surface area (Å²) in [5.41, 5.74) is 11.2. The number of carbonyl (C=O) groups excluding carboxylic acids is 2. The molecule has 1 aromatic rings. The van der Waals surface area contributed by atoms with Crippen LogP contribution in [-0.4, -0.2) is 47.4 Å². The monoisotopic (exact) mass is 397 g/mol. The van der Waals surface area contributed by atoms with Gasteiger partial charge in [-0.05, 0) is 29.4 Å². The van der Waals surface area contributed by atoms with Crippen LogP contribution < -0.4 is 21.5 Å². The lowest BCUT2D eigenvalue weighted by atomic mass is 9.94. The fourth-order valence-corrected chi connectivity index (χ4v) is 2.40. The van der Waals surface area contributed by atoms with Crippen LogP contribution in [0.15, 0.2) is 18.2 Å². The van der Waals surface area contributed by atoms with Gasteiger partial charge in [0.15, 0.2) is 0 Å². The first kappa shape index (κ1) is 25.4. The summed E-state index contributed by atoms with van der Waals surface area (Å²) in [7, 11) is 0. The highest BCUT2D eigenvalue weighted by Gasteiger charge is 2.30. The lowest BCUT2D eigenvalue weighted by molar-refractivity contribution is -0.125. The summed E-state index contributed by atoms with van der Waals surface area (Å²) >= 11 is 0. The van der Waals surface area contributed by atoms with Crippen LogP contribution in [0.5, 0.6) is 5.75 Å². The van der Waals surface area contributed by atoms with Gasteiger partial charge in [-0.3, -0.25) is 9.59 Å². The number of aliphatic hydroxyl groups excluding tert-OH is 1. The zero-order valence-electron chi connectivity index (χ0n) is 16.8. The third-order valence-corrected chi connectivity index (χ3v) is 4.13. The van der Waals surface area contributed by atoms with Crippen molar-refractivity contribution in [1.82, 2.24) is 5.32 Å². The van der Waals surface area contributed by atoms with Crippen molar-refractivity contribution in [1.29, 1.82) is 0 Å². The molecular formula is C19H31N3O6. The minimum absolute atomic E-state index is 0.0107. The number of nitrogens with two attached hydrogens (primary N) is 2. The molecule has 0 aliphatic heterocycles. The van der Waals surface area contributed by atoms with Gasteiger partial charge in [-0.1, -0.05) is 45.9 Å². The first-order chi connectivity index (χ1) is 13.0. The molecule has 0 saturated carbocycles. The molecule has 28 heavy (non-hydrogen) atoms. The van der Waals surface area contributed by atoms with Gasteiger partial charge in [0.25, 0.3) is 6.47 Å². The Kier molecular flexibility index (Phi) is 10.8. The van der Waals surface area contributed by atoms with E-state index in [0.717, 1.165) is 11.1 Å². The fourth-order valence-electron chi connectivity index (χ4n) is 2.40. The van der Waals surface area contributed by atoms with Gasteiger partial charge in [-0.25, -0.2) is 4.79 Å². The molecule has 7 N–H and O–H groups in total. The van der Waals surface area contributed by atoms with E-state index in [1.54, 1.807) is 0 Å². The minimum Gasteiger partial charge on any atom is -0.483 e. The number of nitrogens with one attached hydrogen (secondary N) is 1. The van der Waals surface area contributed by atoms with Gasteiger partial charge in [-0.2, -0.15) is 0 Å². The molecule has 0 fully saturated rings. The molecule has 0 aromatic heterocycles. The number of aliphatic hydroxyl groups is 1. The second-order valence-electron chi connectivity index (χ2n) is 6.93. The zero-order valence-corrected chi connectivity index (χ0v) is 16.8. The van der Waals surface area contributed by atoms with Crippen LogP contribution in [0.1, 0.15) is 57.1 Å². The lowest BCUT2D eigenvalue weighted by Crippen LogP contribution is -2.56. The Balaban J connectivity index is 0.00000227. The quantitative estimate of drug-likeness (QED) is 0.412. The Hall–Kier alpha value is -2.65. The minimum atomic E-state index is -1.56. The van der Waals surface area contributed by atoms with Gasteiger partial charge in [0, 0.05) is 6.54 Å². The molecule has 2 amide bonds. The summed E-state index contributed by atoms with van der Waals surface area (Å²) in [6.45, 7) is 7.33. The maximum absolute atomic E-state index is 12.2. The van der Waals surface area contributed by atoms with Crippen LogP contribution in [0, 0.1) is 0 Å². The van der Waals surface area contributed by atoms with Crippen LogP contribution in [0.4, 0.5) is 4.79 Å². The van der Waals surface area contributed by atoms with E-state index in [2.05, 4.69) is 5.32 Å². The van der Waals surface area contributed by atoms with E-state index in [-0.39, 0.29) is 31.3 Å². The number of hydrogen-bond acceptors (Lipinski definition) is 6. The summed E-state index contributed by atoms with van der Waals surface area (Å²) in [6, 6.07) is 5.82. The molecule has 0 aliphatic carbocycles. The van der Waals surface area contributed by atoms with Crippen molar-refractivity contribution < 1.29 is 29.3 Å². The Morgan fingerprint density at radius 3 is 2.04 bits per heavy atom. The first-order valence-corrected chi connectivity index (χ1v) is 8.90. The number of amides is 2. The number of carbonyl (C=O) groups is 3. The molecule has 0 heterocycles. The molecule has 0 saturated heterocycles. The highest BCUT2D eigenvalue weighted by atomic mass is 16.6. The summed E-state index contributed by atoms with van der Waals surface area (Å²) < 4.78 is 5.54. The molecular weight excluding hydrogens is 366 g/mol. The number of benzene rings is 1. The molecule has 1 rings (SSSR count). The van der Waals surface area contributed by atoms with Gasteiger partial charge < -0.3 is 31.7 Å². The average Bonchev–Trinajstić information content (AvgIpc) is 2.61. The van der Waals surface area contributed by atoms with Crippen LogP contribution >= 0.6 is 0 Å². The van der Waals surface area contributed by atoms with Crippen LogP contribution in [-0.2, 0) is 9.59 Å². The molecule has 9 nitrogen and oxygen atoms in total. The molecule has 9 heteroatoms. The SMILES string of the molecule is CC(C)c1cccc(C(C)C)c1OC(=O)NCC[C@](N)(CO)C(N)=O.O=CO. The van der Waals surface area contributed by atoms with E-state index in [1.165, 1.54) is 0 Å². The van der Waals surface area contributed by atoms with Crippen molar-refractivity contribution >= 4 is 18.5 Å². The van der Waals surface area contributed by atoms with Crippen LogP contribution in [0.25, 0.3) is 0 Å². The summed E-state index contributed by atoms with van der Waals surface area (Å²) in [5.74, 6) is 0.128. The average molecular weight is 397 g/mol. The zero-order chi connectivity index (χ0) is 21.9. The maximum atomic E-state index is 12.2. The van der Waals surface area contributed by atoms with Crippen molar-refractivity contribution in [3.05, 3.63) is 29.3 Å². The van der Waals surface area contributed by atoms with Crippen molar-refractivity contribution in [2.24, 2.45) is 11.5 Å². The van der Waals surface area contributed by atoms with Gasteiger partial charge >= 0.3 is 6.09 Å². The predicted molar refractivity (Wildman–Crippen MR) is 105 cm³/mol. The molecule has 0 bridgehead atoms. The van der Waals surface area contributed by atoms with Gasteiger partial charge in [-0.15, -0.1) is 0 Å². The number of carboxylic acid groups (broad SMARTS) is 1. The van der Waals surface area contributed by atoms with Crippen molar-refractivity contribution in [2.75, 3.05) is 13.2 Å². The third-order valence-electron chi connectivity index (χ3n) is 4.13. The topological polar surface area (TPSA) is 165 Å². The smallest absolute Gasteiger partial charge is 0.412 e. The molecule has 1 atom stereocenters. The number of hydrogen-bond donors (Lipinski definition) is 5. The molecule has 0 radical (unpaired) electrons. The van der Waals surface area contributed by atoms with Crippen LogP contribution in [0.3, 0.4) is 0 Å². The second kappa shape index (κ2) is 11.9. The van der Waals surface area contributed by atoms with Crippen molar-refractivity contribution in [3.8, 4) is 5.75 Å². The van der Waals surface area contributed by atoms with Gasteiger partial charge in [0.05, 0.1) is 6.61 Å². The summed E-state index contributed by atoms with van der Waals surface area (Å²) in [5, 5.41) is 18.6. The van der Waals surface area contributed by atoms with E-state index in [9.17, 15) is 14.7 Å². The number of primary amides is 1. The molecule has 1 aromatic carbocycles. The summed E-state index contributed by atoms with van der Waals surface area (Å²) in [4.78, 5) is 31.8. The number of rotatable bonds is 8. The third kappa shape index (κ3) is 7.53. The van der Waals surface area contributed by atoms with Crippen molar-refractivity contribution in [2.45, 2.75) is 51.5 Å². The van der Waals surface area contributed by atoms with E-state index < -0.39 is 24.1 Å². The Morgan fingerprint density at radius 2 is 1.68 bits per heavy atom. The normalized spacial score (nSPS) is 12.6. The van der Waals surface area contributed by atoms with E-state index in [4.69, 9.17) is 26.1 Å². The molecule has 0 unspecified atom stereocenters. The van der Waals surface area contributed by atoms with E-state index >= 15 is 0 Å². The van der Waals surface area contributed by atoms with E-state index in [0.29, 0.717) is 5.75 Å². The Labute approximate surface area is 165 Å². The predicted octanol–water partition coefficient (Wildman–Crippen LogP) is 1.29. The maximum Gasteiger partial charge on any atom is 0.412 e. The highest BCUT2D eigenvalue weighted by Crippen LogP contribution is 2.34.